The Hall–Kier alpha value is -1.38. The first-order valence-corrected chi connectivity index (χ1v) is 12.0. The Balaban J connectivity index is 2.55. The molecule has 7 nitrogen and oxygen atoms in total. The SMILES string of the molecule is CCCCO[Si](C)(OCCCCS(=O)(=O)N=[N+]=[N-])c1ccccc1. The van der Waals surface area contributed by atoms with Crippen molar-refractivity contribution in [1.29, 1.82) is 0 Å². The molecule has 9 heteroatoms. The summed E-state index contributed by atoms with van der Waals surface area (Å²) in [6.45, 7) is 5.18. The van der Waals surface area contributed by atoms with Crippen molar-refractivity contribution in [3.8, 4) is 0 Å². The van der Waals surface area contributed by atoms with E-state index < -0.39 is 18.6 Å². The molecule has 0 bridgehead atoms. The first-order valence-electron chi connectivity index (χ1n) is 8.06. The topological polar surface area (TPSA) is 101 Å². The first-order chi connectivity index (χ1) is 11.4. The van der Waals surface area contributed by atoms with Crippen molar-refractivity contribution >= 4 is 23.8 Å². The average Bonchev–Trinajstić information content (AvgIpc) is 2.55. The molecule has 1 aromatic carbocycles. The maximum Gasteiger partial charge on any atom is 0.369 e. The zero-order chi connectivity index (χ0) is 17.9. The van der Waals surface area contributed by atoms with Gasteiger partial charge in [0.05, 0.1) is 5.75 Å². The number of benzene rings is 1. The predicted octanol–water partition coefficient (Wildman–Crippen LogP) is 3.22. The third kappa shape index (κ3) is 7.46. The van der Waals surface area contributed by atoms with Crippen LogP contribution < -0.4 is 5.19 Å². The van der Waals surface area contributed by atoms with E-state index in [1.807, 2.05) is 36.9 Å². The van der Waals surface area contributed by atoms with Gasteiger partial charge in [-0.3, -0.25) is 0 Å². The van der Waals surface area contributed by atoms with E-state index in [0.717, 1.165) is 18.0 Å². The van der Waals surface area contributed by atoms with Gasteiger partial charge in [0.15, 0.2) is 0 Å². The zero-order valence-electron chi connectivity index (χ0n) is 14.2. The number of azide groups is 1. The zero-order valence-corrected chi connectivity index (χ0v) is 16.0. The minimum Gasteiger partial charge on any atom is -0.391 e. The van der Waals surface area contributed by atoms with Crippen molar-refractivity contribution in [3.63, 3.8) is 0 Å². The molecule has 1 rings (SSSR count). The molecule has 0 fully saturated rings. The fourth-order valence-corrected chi connectivity index (χ4v) is 5.15. The van der Waals surface area contributed by atoms with Crippen LogP contribution in [0.1, 0.15) is 32.6 Å². The molecule has 0 radical (unpaired) electrons. The molecule has 0 amide bonds. The van der Waals surface area contributed by atoms with Crippen LogP contribution in [0.4, 0.5) is 0 Å². The molecule has 0 aliphatic carbocycles. The number of nitrogens with zero attached hydrogens (tertiary/aromatic N) is 3. The van der Waals surface area contributed by atoms with Gasteiger partial charge in [0.2, 0.25) is 10.0 Å². The van der Waals surface area contributed by atoms with Crippen molar-refractivity contribution in [2.24, 2.45) is 4.52 Å². The molecule has 0 aliphatic rings. The predicted molar refractivity (Wildman–Crippen MR) is 96.7 cm³/mol. The maximum atomic E-state index is 11.3. The van der Waals surface area contributed by atoms with Gasteiger partial charge in [-0.2, -0.15) is 0 Å². The van der Waals surface area contributed by atoms with E-state index >= 15 is 0 Å². The van der Waals surface area contributed by atoms with Gasteiger partial charge in [-0.05, 0) is 36.5 Å². The molecule has 0 aliphatic heterocycles. The van der Waals surface area contributed by atoms with Crippen molar-refractivity contribution in [2.75, 3.05) is 19.0 Å². The van der Waals surface area contributed by atoms with Gasteiger partial charge in [-0.25, -0.2) is 8.42 Å². The Bertz CT molecular complexity index is 635. The third-order valence-electron chi connectivity index (χ3n) is 3.51. The van der Waals surface area contributed by atoms with Crippen LogP contribution in [0.2, 0.25) is 6.55 Å². The summed E-state index contributed by atoms with van der Waals surface area (Å²) in [4.78, 5) is 2.32. The smallest absolute Gasteiger partial charge is 0.369 e. The Kier molecular flexibility index (Phi) is 9.02. The Morgan fingerprint density at radius 1 is 1.12 bits per heavy atom. The molecule has 1 unspecified atom stereocenters. The summed E-state index contributed by atoms with van der Waals surface area (Å²) in [7, 11) is -6.19. The fraction of sp³-hybridized carbons (Fsp3) is 0.600. The Morgan fingerprint density at radius 2 is 1.75 bits per heavy atom. The molecule has 0 saturated heterocycles. The molecule has 0 aromatic heterocycles. The maximum absolute atomic E-state index is 11.3. The molecule has 0 heterocycles. The van der Waals surface area contributed by atoms with Gasteiger partial charge in [0, 0.05) is 22.6 Å². The number of sulfonamides is 1. The van der Waals surface area contributed by atoms with E-state index in [0.29, 0.717) is 26.1 Å². The highest BCUT2D eigenvalue weighted by Gasteiger charge is 2.33. The van der Waals surface area contributed by atoms with E-state index in [1.165, 1.54) is 0 Å². The van der Waals surface area contributed by atoms with Crippen molar-refractivity contribution in [3.05, 3.63) is 40.8 Å². The van der Waals surface area contributed by atoms with E-state index in [4.69, 9.17) is 14.4 Å². The lowest BCUT2D eigenvalue weighted by atomic mass is 10.4. The van der Waals surface area contributed by atoms with Crippen LogP contribution in [-0.4, -0.2) is 35.9 Å². The van der Waals surface area contributed by atoms with Crippen LogP contribution in [0.15, 0.2) is 34.9 Å². The molecule has 134 valence electrons. The lowest BCUT2D eigenvalue weighted by Crippen LogP contribution is -2.51. The normalized spacial score (nSPS) is 13.9. The van der Waals surface area contributed by atoms with Crippen molar-refractivity contribution < 1.29 is 17.3 Å². The summed E-state index contributed by atoms with van der Waals surface area (Å²) in [5, 5.41) is 1.06. The Morgan fingerprint density at radius 3 is 2.33 bits per heavy atom. The van der Waals surface area contributed by atoms with E-state index in [1.54, 1.807) is 0 Å². The highest BCUT2D eigenvalue weighted by molar-refractivity contribution is 7.89. The number of unbranched alkanes of at least 4 members (excludes halogenated alkanes) is 2. The minimum atomic E-state index is -3.68. The lowest BCUT2D eigenvalue weighted by molar-refractivity contribution is 0.181. The minimum absolute atomic E-state index is 0.166. The Labute approximate surface area is 144 Å². The molecule has 0 N–H and O–H groups in total. The second kappa shape index (κ2) is 10.5. The summed E-state index contributed by atoms with van der Waals surface area (Å²) < 4.78 is 37.5. The largest absolute Gasteiger partial charge is 0.391 e. The van der Waals surface area contributed by atoms with E-state index in [2.05, 4.69) is 16.4 Å². The highest BCUT2D eigenvalue weighted by Crippen LogP contribution is 2.11. The molecule has 0 saturated carbocycles. The molecule has 0 spiro atoms. The molecule has 1 atom stereocenters. The molecule has 24 heavy (non-hydrogen) atoms. The monoisotopic (exact) mass is 371 g/mol. The fourth-order valence-electron chi connectivity index (χ4n) is 2.11. The van der Waals surface area contributed by atoms with Crippen LogP contribution in [0.5, 0.6) is 0 Å². The number of rotatable bonds is 12. The first kappa shape index (κ1) is 20.7. The average molecular weight is 372 g/mol. The summed E-state index contributed by atoms with van der Waals surface area (Å²) in [5.41, 5.74) is 8.18. The third-order valence-corrected chi connectivity index (χ3v) is 7.53. The van der Waals surface area contributed by atoms with Gasteiger partial charge in [0.25, 0.3) is 0 Å². The quantitative estimate of drug-likeness (QED) is 0.185. The highest BCUT2D eigenvalue weighted by atomic mass is 32.2. The van der Waals surface area contributed by atoms with E-state index in [9.17, 15) is 8.42 Å². The van der Waals surface area contributed by atoms with E-state index in [-0.39, 0.29) is 5.75 Å². The summed E-state index contributed by atoms with van der Waals surface area (Å²) in [6.07, 6.45) is 2.97. The molecular formula is C15H25N3O4SSi. The summed E-state index contributed by atoms with van der Waals surface area (Å²) in [5.74, 6) is -0.166. The lowest BCUT2D eigenvalue weighted by Gasteiger charge is -2.27. The van der Waals surface area contributed by atoms with Gasteiger partial charge < -0.3 is 8.85 Å². The summed E-state index contributed by atoms with van der Waals surface area (Å²) in [6, 6.07) is 9.87. The molecular weight excluding hydrogens is 346 g/mol. The number of hydrogen-bond donors (Lipinski definition) is 0. The van der Waals surface area contributed by atoms with Crippen LogP contribution >= 0.6 is 0 Å². The second-order valence-corrected chi connectivity index (χ2v) is 10.3. The van der Waals surface area contributed by atoms with Crippen LogP contribution in [-0.2, 0) is 18.9 Å². The van der Waals surface area contributed by atoms with Crippen LogP contribution in [0, 0.1) is 0 Å². The van der Waals surface area contributed by atoms with Gasteiger partial charge >= 0.3 is 8.56 Å². The van der Waals surface area contributed by atoms with Crippen molar-refractivity contribution in [1.82, 2.24) is 0 Å². The van der Waals surface area contributed by atoms with Crippen LogP contribution in [0.25, 0.3) is 10.4 Å². The second-order valence-electron chi connectivity index (χ2n) is 5.53. The van der Waals surface area contributed by atoms with Gasteiger partial charge in [0.1, 0.15) is 0 Å². The molecule has 1 aromatic rings. The van der Waals surface area contributed by atoms with Gasteiger partial charge in [-0.15, -0.1) is 0 Å². The summed E-state index contributed by atoms with van der Waals surface area (Å²) >= 11 is 0. The van der Waals surface area contributed by atoms with Crippen molar-refractivity contribution in [2.45, 2.75) is 39.2 Å². The van der Waals surface area contributed by atoms with Crippen LogP contribution in [0.3, 0.4) is 0 Å². The number of hydrogen-bond acceptors (Lipinski definition) is 4. The standard InChI is InChI=1S/C15H25N3O4SSi/c1-3-4-12-21-24(2,15-10-6-5-7-11-15)22-13-8-9-14-23(19,20)18-17-16/h5-7,10-11H,3-4,8-9,12-14H2,1-2H3. The van der Waals surface area contributed by atoms with Gasteiger partial charge in [-0.1, -0.05) is 43.7 Å².